The highest BCUT2D eigenvalue weighted by Crippen LogP contribution is 2.22. The normalized spacial score (nSPS) is 14.2. The first-order chi connectivity index (χ1) is 6.83. The van der Waals surface area contributed by atoms with Gasteiger partial charge in [0.05, 0.1) is 0 Å². The molecule has 1 heterocycles. The van der Waals surface area contributed by atoms with Crippen LogP contribution in [0.2, 0.25) is 0 Å². The number of hydrogen-bond donors (Lipinski definition) is 1. The average molecular weight is 190 g/mol. The van der Waals surface area contributed by atoms with E-state index in [1.54, 1.807) is 4.90 Å². The highest BCUT2D eigenvalue weighted by molar-refractivity contribution is 5.51. The quantitative estimate of drug-likeness (QED) is 0.717. The number of nitrogens with one attached hydrogen (secondary N) is 1. The zero-order chi connectivity index (χ0) is 9.97. The summed E-state index contributed by atoms with van der Waals surface area (Å²) in [4.78, 5) is 12.4. The van der Waals surface area contributed by atoms with Crippen LogP contribution < -0.4 is 5.32 Å². The number of carbonyl (C=O) groups excluding carboxylic acids is 1. The number of nitrogens with zero attached hydrogens (tertiary/aromatic N) is 1. The van der Waals surface area contributed by atoms with Gasteiger partial charge in [0.2, 0.25) is 6.41 Å². The average Bonchev–Trinajstić information content (AvgIpc) is 2.60. The predicted octanol–water partition coefficient (Wildman–Crippen LogP) is 0.878. The molecule has 0 saturated heterocycles. The standard InChI is InChI=1S/C11H14N2O/c1-12-5-9-2-3-10-6-13(8-14)7-11(10)4-9/h2-4,8,12H,5-7H2,1H3. The summed E-state index contributed by atoms with van der Waals surface area (Å²) in [6, 6.07) is 6.41. The number of fused-ring (bicyclic) bond motifs is 1. The lowest BCUT2D eigenvalue weighted by Crippen LogP contribution is -2.12. The lowest BCUT2D eigenvalue weighted by molar-refractivity contribution is -0.118. The van der Waals surface area contributed by atoms with Crippen molar-refractivity contribution in [2.45, 2.75) is 19.6 Å². The van der Waals surface area contributed by atoms with E-state index in [0.29, 0.717) is 0 Å². The summed E-state index contributed by atoms with van der Waals surface area (Å²) in [5.74, 6) is 0. The van der Waals surface area contributed by atoms with Gasteiger partial charge in [-0.3, -0.25) is 4.79 Å². The van der Waals surface area contributed by atoms with Crippen LogP contribution in [-0.2, 0) is 24.4 Å². The molecular weight excluding hydrogens is 176 g/mol. The Kier molecular flexibility index (Phi) is 2.50. The molecule has 3 heteroatoms. The fraction of sp³-hybridized carbons (Fsp3) is 0.364. The summed E-state index contributed by atoms with van der Waals surface area (Å²) in [7, 11) is 1.94. The maximum atomic E-state index is 10.6. The Balaban J connectivity index is 2.21. The van der Waals surface area contributed by atoms with Gasteiger partial charge in [-0.15, -0.1) is 0 Å². The fourth-order valence-corrected chi connectivity index (χ4v) is 1.86. The largest absolute Gasteiger partial charge is 0.337 e. The molecule has 0 unspecified atom stereocenters. The van der Waals surface area contributed by atoms with Gasteiger partial charge in [-0.25, -0.2) is 0 Å². The van der Waals surface area contributed by atoms with Gasteiger partial charge in [0.15, 0.2) is 0 Å². The van der Waals surface area contributed by atoms with Crippen LogP contribution >= 0.6 is 0 Å². The van der Waals surface area contributed by atoms with Crippen molar-refractivity contribution < 1.29 is 4.79 Å². The summed E-state index contributed by atoms with van der Waals surface area (Å²) >= 11 is 0. The molecule has 1 aliphatic heterocycles. The molecule has 1 aromatic rings. The van der Waals surface area contributed by atoms with Crippen molar-refractivity contribution in [3.63, 3.8) is 0 Å². The van der Waals surface area contributed by atoms with Crippen molar-refractivity contribution in [3.8, 4) is 0 Å². The third-order valence-electron chi connectivity index (χ3n) is 2.55. The van der Waals surface area contributed by atoms with Crippen LogP contribution in [0.15, 0.2) is 18.2 Å². The molecule has 1 aliphatic rings. The van der Waals surface area contributed by atoms with Crippen LogP contribution in [-0.4, -0.2) is 18.4 Å². The fourth-order valence-electron chi connectivity index (χ4n) is 1.86. The summed E-state index contributed by atoms with van der Waals surface area (Å²) in [6.07, 6.45) is 0.914. The van der Waals surface area contributed by atoms with Gasteiger partial charge in [-0.1, -0.05) is 18.2 Å². The molecule has 3 nitrogen and oxygen atoms in total. The molecule has 0 radical (unpaired) electrons. The third-order valence-corrected chi connectivity index (χ3v) is 2.55. The molecule has 0 atom stereocenters. The third kappa shape index (κ3) is 1.63. The van der Waals surface area contributed by atoms with Crippen LogP contribution in [0.1, 0.15) is 16.7 Å². The maximum Gasteiger partial charge on any atom is 0.210 e. The highest BCUT2D eigenvalue weighted by atomic mass is 16.1. The molecule has 2 rings (SSSR count). The van der Waals surface area contributed by atoms with Crippen molar-refractivity contribution >= 4 is 6.41 Å². The van der Waals surface area contributed by atoms with E-state index in [2.05, 4.69) is 23.5 Å². The first kappa shape index (κ1) is 9.21. The van der Waals surface area contributed by atoms with E-state index in [0.717, 1.165) is 26.0 Å². The minimum absolute atomic E-state index is 0.760. The number of carbonyl (C=O) groups is 1. The molecule has 0 aliphatic carbocycles. The first-order valence-corrected chi connectivity index (χ1v) is 4.78. The molecule has 1 N–H and O–H groups in total. The zero-order valence-electron chi connectivity index (χ0n) is 8.29. The summed E-state index contributed by atoms with van der Waals surface area (Å²) in [6.45, 7) is 2.41. The minimum atomic E-state index is 0.760. The molecule has 0 fully saturated rings. The second-order valence-electron chi connectivity index (χ2n) is 3.64. The first-order valence-electron chi connectivity index (χ1n) is 4.78. The Morgan fingerprint density at radius 2 is 2.21 bits per heavy atom. The van der Waals surface area contributed by atoms with Crippen molar-refractivity contribution in [1.29, 1.82) is 0 Å². The van der Waals surface area contributed by atoms with E-state index in [-0.39, 0.29) is 0 Å². The number of amides is 1. The topological polar surface area (TPSA) is 32.3 Å². The summed E-state index contributed by atoms with van der Waals surface area (Å²) < 4.78 is 0. The van der Waals surface area contributed by atoms with Gasteiger partial charge in [0, 0.05) is 19.6 Å². The van der Waals surface area contributed by atoms with E-state index < -0.39 is 0 Å². The Labute approximate surface area is 83.7 Å². The number of rotatable bonds is 3. The zero-order valence-corrected chi connectivity index (χ0v) is 8.29. The molecule has 1 aromatic carbocycles. The lowest BCUT2D eigenvalue weighted by atomic mass is 10.1. The Bertz CT molecular complexity index is 349. The van der Waals surface area contributed by atoms with Crippen LogP contribution in [0.3, 0.4) is 0 Å². The van der Waals surface area contributed by atoms with Crippen molar-refractivity contribution in [2.24, 2.45) is 0 Å². The summed E-state index contributed by atoms with van der Waals surface area (Å²) in [5.41, 5.74) is 3.83. The smallest absolute Gasteiger partial charge is 0.210 e. The van der Waals surface area contributed by atoms with Gasteiger partial charge < -0.3 is 10.2 Å². The molecule has 74 valence electrons. The van der Waals surface area contributed by atoms with Gasteiger partial charge in [0.25, 0.3) is 0 Å². The molecule has 1 amide bonds. The van der Waals surface area contributed by atoms with E-state index in [1.807, 2.05) is 7.05 Å². The van der Waals surface area contributed by atoms with E-state index in [4.69, 9.17) is 0 Å². The molecular formula is C11H14N2O. The highest BCUT2D eigenvalue weighted by Gasteiger charge is 2.16. The number of benzene rings is 1. The second-order valence-corrected chi connectivity index (χ2v) is 3.64. The van der Waals surface area contributed by atoms with E-state index >= 15 is 0 Å². The molecule has 0 aromatic heterocycles. The SMILES string of the molecule is CNCc1ccc2c(c1)CN(C=O)C2. The Morgan fingerprint density at radius 1 is 1.43 bits per heavy atom. The minimum Gasteiger partial charge on any atom is -0.337 e. The van der Waals surface area contributed by atoms with Crippen molar-refractivity contribution in [1.82, 2.24) is 10.2 Å². The van der Waals surface area contributed by atoms with Crippen molar-refractivity contribution in [2.75, 3.05) is 7.05 Å². The molecule has 0 bridgehead atoms. The van der Waals surface area contributed by atoms with E-state index in [9.17, 15) is 4.79 Å². The maximum absolute atomic E-state index is 10.6. The predicted molar refractivity (Wildman–Crippen MR) is 54.5 cm³/mol. The number of hydrogen-bond acceptors (Lipinski definition) is 2. The van der Waals surface area contributed by atoms with Gasteiger partial charge in [-0.2, -0.15) is 0 Å². The Hall–Kier alpha value is -1.35. The lowest BCUT2D eigenvalue weighted by Gasteiger charge is -2.04. The van der Waals surface area contributed by atoms with Gasteiger partial charge in [0.1, 0.15) is 0 Å². The molecule has 0 spiro atoms. The van der Waals surface area contributed by atoms with Crippen molar-refractivity contribution in [3.05, 3.63) is 34.9 Å². The molecule has 14 heavy (non-hydrogen) atoms. The van der Waals surface area contributed by atoms with Crippen LogP contribution in [0.25, 0.3) is 0 Å². The van der Waals surface area contributed by atoms with Gasteiger partial charge >= 0.3 is 0 Å². The Morgan fingerprint density at radius 3 is 2.93 bits per heavy atom. The molecule has 0 saturated carbocycles. The summed E-state index contributed by atoms with van der Waals surface area (Å²) in [5, 5.41) is 3.12. The monoisotopic (exact) mass is 190 g/mol. The van der Waals surface area contributed by atoms with Crippen LogP contribution in [0.4, 0.5) is 0 Å². The second kappa shape index (κ2) is 3.80. The van der Waals surface area contributed by atoms with E-state index in [1.165, 1.54) is 16.7 Å². The van der Waals surface area contributed by atoms with Crippen LogP contribution in [0, 0.1) is 0 Å². The van der Waals surface area contributed by atoms with Crippen LogP contribution in [0.5, 0.6) is 0 Å². The van der Waals surface area contributed by atoms with Gasteiger partial charge in [-0.05, 0) is 23.7 Å².